The third kappa shape index (κ3) is 8.08. The predicted molar refractivity (Wildman–Crippen MR) is 85.9 cm³/mol. The van der Waals surface area contributed by atoms with E-state index in [1.165, 1.54) is 32.1 Å². The van der Waals surface area contributed by atoms with Gasteiger partial charge >= 0.3 is 0 Å². The van der Waals surface area contributed by atoms with Gasteiger partial charge in [0.15, 0.2) is 0 Å². The summed E-state index contributed by atoms with van der Waals surface area (Å²) in [6.45, 7) is 4.15. The number of carbonyl (C=O) groups excluding carboxylic acids is 2. The zero-order chi connectivity index (χ0) is 15.7. The molecule has 0 heterocycles. The molecule has 1 aliphatic rings. The van der Waals surface area contributed by atoms with Crippen molar-refractivity contribution in [3.05, 3.63) is 0 Å². The molecule has 4 nitrogen and oxygen atoms in total. The zero-order valence-corrected chi connectivity index (χ0v) is 13.9. The molecule has 0 bridgehead atoms. The fourth-order valence-corrected chi connectivity index (χ4v) is 3.11. The number of rotatable bonds is 8. The number of amides is 2. The quantitative estimate of drug-likeness (QED) is 0.723. The minimum atomic E-state index is 0.0940. The van der Waals surface area contributed by atoms with Crippen LogP contribution in [0.1, 0.15) is 71.6 Å². The Morgan fingerprint density at radius 1 is 1.05 bits per heavy atom. The largest absolute Gasteiger partial charge is 0.359 e. The van der Waals surface area contributed by atoms with Crippen molar-refractivity contribution in [2.45, 2.75) is 77.7 Å². The Morgan fingerprint density at radius 3 is 2.33 bits per heavy atom. The van der Waals surface area contributed by atoms with Gasteiger partial charge in [0.25, 0.3) is 0 Å². The summed E-state index contributed by atoms with van der Waals surface area (Å²) in [6, 6.07) is 0.202. The van der Waals surface area contributed by atoms with Gasteiger partial charge in [-0.1, -0.05) is 26.2 Å². The van der Waals surface area contributed by atoms with Crippen molar-refractivity contribution in [1.29, 1.82) is 0 Å². The van der Waals surface area contributed by atoms with Crippen LogP contribution in [0.3, 0.4) is 0 Å². The van der Waals surface area contributed by atoms with Gasteiger partial charge < -0.3 is 10.6 Å². The fraction of sp³-hybridized carbons (Fsp3) is 0.882. The lowest BCUT2D eigenvalue weighted by atomic mass is 9.87. The number of nitrogens with one attached hydrogen (secondary N) is 2. The molecule has 2 amide bonds. The molecule has 0 aromatic rings. The van der Waals surface area contributed by atoms with Crippen LogP contribution in [0.4, 0.5) is 0 Å². The van der Waals surface area contributed by atoms with Crippen molar-refractivity contribution in [3.8, 4) is 0 Å². The Morgan fingerprint density at radius 2 is 1.71 bits per heavy atom. The maximum Gasteiger partial charge on any atom is 0.220 e. The van der Waals surface area contributed by atoms with Crippen LogP contribution in [0.5, 0.6) is 0 Å². The highest BCUT2D eigenvalue weighted by Gasteiger charge is 2.18. The second kappa shape index (κ2) is 9.80. The summed E-state index contributed by atoms with van der Waals surface area (Å²) in [5, 5.41) is 5.76. The Bertz CT molecular complexity index is 325. The van der Waals surface area contributed by atoms with Gasteiger partial charge in [-0.2, -0.15) is 0 Å². The van der Waals surface area contributed by atoms with E-state index in [1.807, 2.05) is 0 Å². The van der Waals surface area contributed by atoms with Gasteiger partial charge in [-0.05, 0) is 44.4 Å². The summed E-state index contributed by atoms with van der Waals surface area (Å²) >= 11 is 0. The highest BCUT2D eigenvalue weighted by molar-refractivity contribution is 5.76. The summed E-state index contributed by atoms with van der Waals surface area (Å²) in [5.41, 5.74) is 0. The van der Waals surface area contributed by atoms with E-state index in [-0.39, 0.29) is 17.9 Å². The van der Waals surface area contributed by atoms with Crippen LogP contribution in [-0.4, -0.2) is 24.9 Å². The summed E-state index contributed by atoms with van der Waals surface area (Å²) in [7, 11) is 1.67. The van der Waals surface area contributed by atoms with Gasteiger partial charge in [-0.15, -0.1) is 0 Å². The normalized spacial score (nSPS) is 18.8. The second-order valence-corrected chi connectivity index (χ2v) is 6.74. The first-order valence-electron chi connectivity index (χ1n) is 8.51. The number of hydrogen-bond acceptors (Lipinski definition) is 2. The average Bonchev–Trinajstić information content (AvgIpc) is 2.46. The molecule has 4 heteroatoms. The molecule has 0 spiro atoms. The highest BCUT2D eigenvalue weighted by atomic mass is 16.2. The molecule has 1 fully saturated rings. The Balaban J connectivity index is 2.15. The van der Waals surface area contributed by atoms with Crippen molar-refractivity contribution in [1.82, 2.24) is 10.6 Å². The van der Waals surface area contributed by atoms with Gasteiger partial charge in [0.05, 0.1) is 0 Å². The van der Waals surface area contributed by atoms with E-state index < -0.39 is 0 Å². The Kier molecular flexibility index (Phi) is 8.40. The Hall–Kier alpha value is -1.06. The van der Waals surface area contributed by atoms with Crippen molar-refractivity contribution in [3.63, 3.8) is 0 Å². The molecule has 2 unspecified atom stereocenters. The fourth-order valence-electron chi connectivity index (χ4n) is 3.11. The van der Waals surface area contributed by atoms with Crippen molar-refractivity contribution >= 4 is 11.8 Å². The van der Waals surface area contributed by atoms with E-state index in [9.17, 15) is 9.59 Å². The minimum Gasteiger partial charge on any atom is -0.359 e. The average molecular weight is 296 g/mol. The van der Waals surface area contributed by atoms with Gasteiger partial charge in [-0.3, -0.25) is 9.59 Å². The molecule has 2 N–H and O–H groups in total. The molecular formula is C17H32N2O2. The smallest absolute Gasteiger partial charge is 0.220 e. The summed E-state index contributed by atoms with van der Waals surface area (Å²) in [4.78, 5) is 23.3. The first-order chi connectivity index (χ1) is 10.0. The molecular weight excluding hydrogens is 264 g/mol. The first-order valence-corrected chi connectivity index (χ1v) is 8.51. The van der Waals surface area contributed by atoms with Crippen LogP contribution in [-0.2, 0) is 9.59 Å². The molecule has 21 heavy (non-hydrogen) atoms. The molecule has 0 radical (unpaired) electrons. The van der Waals surface area contributed by atoms with Gasteiger partial charge in [0.1, 0.15) is 0 Å². The van der Waals surface area contributed by atoms with Crippen molar-refractivity contribution < 1.29 is 9.59 Å². The first kappa shape index (κ1) is 18.0. The molecule has 0 aromatic carbocycles. The highest BCUT2D eigenvalue weighted by Crippen LogP contribution is 2.26. The third-order valence-corrected chi connectivity index (χ3v) is 4.51. The van der Waals surface area contributed by atoms with E-state index in [0.29, 0.717) is 24.7 Å². The summed E-state index contributed by atoms with van der Waals surface area (Å²) < 4.78 is 0. The monoisotopic (exact) mass is 296 g/mol. The van der Waals surface area contributed by atoms with Crippen LogP contribution >= 0.6 is 0 Å². The molecule has 0 aliphatic heterocycles. The molecule has 122 valence electrons. The van der Waals surface area contributed by atoms with E-state index in [1.54, 1.807) is 7.05 Å². The van der Waals surface area contributed by atoms with E-state index in [2.05, 4.69) is 24.5 Å². The van der Waals surface area contributed by atoms with Gasteiger partial charge in [-0.25, -0.2) is 0 Å². The maximum atomic E-state index is 12.0. The van der Waals surface area contributed by atoms with Gasteiger partial charge in [0, 0.05) is 25.9 Å². The van der Waals surface area contributed by atoms with E-state index in [0.717, 1.165) is 12.8 Å². The Labute approximate surface area is 129 Å². The van der Waals surface area contributed by atoms with Crippen LogP contribution < -0.4 is 10.6 Å². The maximum absolute atomic E-state index is 12.0. The van der Waals surface area contributed by atoms with Crippen LogP contribution in [0.15, 0.2) is 0 Å². The van der Waals surface area contributed by atoms with Crippen LogP contribution in [0.25, 0.3) is 0 Å². The summed E-state index contributed by atoms with van der Waals surface area (Å²) in [5.74, 6) is 1.26. The topological polar surface area (TPSA) is 58.2 Å². The lowest BCUT2D eigenvalue weighted by molar-refractivity contribution is -0.123. The molecule has 1 aliphatic carbocycles. The minimum absolute atomic E-state index is 0.0940. The third-order valence-electron chi connectivity index (χ3n) is 4.51. The van der Waals surface area contributed by atoms with Crippen molar-refractivity contribution in [2.75, 3.05) is 7.05 Å². The summed E-state index contributed by atoms with van der Waals surface area (Å²) in [6.07, 6.45) is 9.49. The van der Waals surface area contributed by atoms with E-state index in [4.69, 9.17) is 0 Å². The van der Waals surface area contributed by atoms with Crippen molar-refractivity contribution in [2.24, 2.45) is 11.8 Å². The molecule has 1 rings (SSSR count). The molecule has 1 saturated carbocycles. The SMILES string of the molecule is CNC(=O)CC(C)CCC(C)NC(=O)CC1CCCCC1. The zero-order valence-electron chi connectivity index (χ0n) is 13.9. The molecule has 2 atom stereocenters. The molecule has 0 saturated heterocycles. The number of hydrogen-bond donors (Lipinski definition) is 2. The standard InChI is InChI=1S/C17H32N2O2/c1-13(11-16(20)18-3)9-10-14(2)19-17(21)12-15-7-5-4-6-8-15/h13-15H,4-12H2,1-3H3,(H,18,20)(H,19,21). The predicted octanol–water partition coefficient (Wildman–Crippen LogP) is 3.01. The number of carbonyl (C=O) groups is 2. The lowest BCUT2D eigenvalue weighted by Crippen LogP contribution is -2.34. The second-order valence-electron chi connectivity index (χ2n) is 6.74. The van der Waals surface area contributed by atoms with Crippen LogP contribution in [0.2, 0.25) is 0 Å². The van der Waals surface area contributed by atoms with Gasteiger partial charge in [0.2, 0.25) is 11.8 Å². The van der Waals surface area contributed by atoms with Crippen LogP contribution in [0, 0.1) is 11.8 Å². The molecule has 0 aromatic heterocycles. The van der Waals surface area contributed by atoms with E-state index >= 15 is 0 Å². The lowest BCUT2D eigenvalue weighted by Gasteiger charge is -2.22.